The molecule has 10 heteroatoms. The third-order valence-corrected chi connectivity index (χ3v) is 18.2. The third kappa shape index (κ3) is 29.2. The molecule has 0 aromatic carbocycles. The molecule has 0 aliphatic carbocycles. The van der Waals surface area contributed by atoms with Crippen LogP contribution in [0.5, 0.6) is 0 Å². The molecule has 0 saturated heterocycles. The number of hydrogen-bond donors (Lipinski definition) is 3. The van der Waals surface area contributed by atoms with Gasteiger partial charge in [-0.1, -0.05) is 0 Å². The molecular weight excluding hydrogens is 803 g/mol. The van der Waals surface area contributed by atoms with Gasteiger partial charge in [0.1, 0.15) is 0 Å². The van der Waals surface area contributed by atoms with E-state index in [4.69, 9.17) is 9.22 Å². The standard InChI is InChI=1S/3C11H22O2S.C8H17.Sn/c3*1-2-3-4-5-6-7-8-9-10(14)11(12)13;1-3-5-7-8-6-4-2;/h3*10,14H,2-9H2,1H3,(H,12,13);1,3-8H2,2H3;/q;;;;+3/p-3. The summed E-state index contributed by atoms with van der Waals surface area (Å²) in [5.74, 6) is -1.63. The fourth-order valence-corrected chi connectivity index (χ4v) is 14.8. The molecule has 3 atom stereocenters. The van der Waals surface area contributed by atoms with Gasteiger partial charge in [0.15, 0.2) is 0 Å². The Hall–Kier alpha value is 0.259. The summed E-state index contributed by atoms with van der Waals surface area (Å²) >= 11 is 8.73. The second kappa shape index (κ2) is 35.9. The van der Waals surface area contributed by atoms with E-state index in [9.17, 15) is 14.4 Å². The number of carbonyl (C=O) groups excluding carboxylic acids is 3. The number of unbranched alkanes of at least 4 members (excludes halogenated alkanes) is 23. The van der Waals surface area contributed by atoms with Gasteiger partial charge in [0, 0.05) is 0 Å². The molecule has 6 nitrogen and oxygen atoms in total. The zero-order chi connectivity index (χ0) is 38.0. The average Bonchev–Trinajstić information content (AvgIpc) is 3.11. The van der Waals surface area contributed by atoms with Crippen molar-refractivity contribution in [1.82, 2.24) is 0 Å². The number of rotatable bonds is 37. The van der Waals surface area contributed by atoms with Gasteiger partial charge < -0.3 is 0 Å². The Morgan fingerprint density at radius 1 is 0.373 bits per heavy atom. The molecule has 0 spiro atoms. The van der Waals surface area contributed by atoms with Crippen molar-refractivity contribution in [3.05, 3.63) is 0 Å². The summed E-state index contributed by atoms with van der Waals surface area (Å²) < 4.78 is 18.8. The first-order valence-corrected chi connectivity index (χ1v) is 28.4. The first-order valence-electron chi connectivity index (χ1n) is 21.4. The van der Waals surface area contributed by atoms with Gasteiger partial charge in [-0.25, -0.2) is 0 Å². The molecule has 0 radical (unpaired) electrons. The quantitative estimate of drug-likeness (QED) is 0.0328. The van der Waals surface area contributed by atoms with Gasteiger partial charge in [-0.2, -0.15) is 0 Å². The Bertz CT molecular complexity index is 755. The van der Waals surface area contributed by atoms with Crippen molar-refractivity contribution < 1.29 is 23.6 Å². The first kappa shape index (κ1) is 51.3. The molecule has 3 unspecified atom stereocenters. The number of thiol groups is 3. The summed E-state index contributed by atoms with van der Waals surface area (Å²) in [7, 11) is 0. The summed E-state index contributed by atoms with van der Waals surface area (Å²) in [6.45, 7) is 8.82. The van der Waals surface area contributed by atoms with Crippen molar-refractivity contribution in [2.24, 2.45) is 0 Å². The fraction of sp³-hybridized carbons (Fsp3) is 0.927. The van der Waals surface area contributed by atoms with Crippen molar-refractivity contribution in [3.63, 3.8) is 0 Å². The van der Waals surface area contributed by atoms with E-state index >= 15 is 0 Å². The Morgan fingerprint density at radius 3 is 0.843 bits per heavy atom. The molecule has 0 saturated carbocycles. The SMILES string of the molecule is CCCCCCCCCC(S)C(=O)[O][Sn]([CH2]CCCCCCC)([O]C(=O)C(S)CCCCCCCCC)[O]C(=O)C(S)CCCCCCCCC. The second-order valence-electron chi connectivity index (χ2n) is 14.7. The van der Waals surface area contributed by atoms with E-state index < -0.39 is 53.3 Å². The number of hydrogen-bond acceptors (Lipinski definition) is 9. The zero-order valence-corrected chi connectivity index (χ0v) is 39.0. The number of carbonyl (C=O) groups is 3. The minimum absolute atomic E-state index is 0.276. The van der Waals surface area contributed by atoms with Crippen molar-refractivity contribution >= 4 is 75.4 Å². The average molecular weight is 884 g/mol. The molecule has 0 N–H and O–H groups in total. The Morgan fingerprint density at radius 2 is 0.588 bits per heavy atom. The van der Waals surface area contributed by atoms with Crippen molar-refractivity contribution in [1.29, 1.82) is 0 Å². The van der Waals surface area contributed by atoms with Gasteiger partial charge in [0.25, 0.3) is 0 Å². The molecule has 0 rings (SSSR count). The topological polar surface area (TPSA) is 78.9 Å². The molecule has 0 heterocycles. The van der Waals surface area contributed by atoms with Gasteiger partial charge in [-0.05, 0) is 0 Å². The maximum atomic E-state index is 13.6. The van der Waals surface area contributed by atoms with Crippen LogP contribution in [0.25, 0.3) is 0 Å². The summed E-state index contributed by atoms with van der Waals surface area (Å²) in [5, 5.41) is -2.01. The van der Waals surface area contributed by atoms with E-state index in [0.717, 1.165) is 89.9 Å². The van der Waals surface area contributed by atoms with Crippen LogP contribution in [-0.2, 0) is 23.6 Å². The van der Waals surface area contributed by atoms with Crippen molar-refractivity contribution in [2.75, 3.05) is 0 Å². The van der Waals surface area contributed by atoms with E-state index in [1.807, 2.05) is 0 Å². The monoisotopic (exact) mass is 884 g/mol. The fourth-order valence-electron chi connectivity index (χ4n) is 6.24. The van der Waals surface area contributed by atoms with E-state index in [-0.39, 0.29) is 4.44 Å². The van der Waals surface area contributed by atoms with E-state index in [0.29, 0.717) is 25.7 Å². The van der Waals surface area contributed by atoms with Crippen LogP contribution in [0.15, 0.2) is 0 Å². The molecule has 51 heavy (non-hydrogen) atoms. The van der Waals surface area contributed by atoms with Crippen LogP contribution in [-0.4, -0.2) is 53.3 Å². The van der Waals surface area contributed by atoms with Crippen LogP contribution in [0.1, 0.15) is 220 Å². The van der Waals surface area contributed by atoms with E-state index in [1.54, 1.807) is 0 Å². The van der Waals surface area contributed by atoms with E-state index in [1.165, 1.54) is 77.0 Å². The minimum atomic E-state index is -5.16. The van der Waals surface area contributed by atoms with Crippen LogP contribution in [0, 0.1) is 0 Å². The summed E-state index contributed by atoms with van der Waals surface area (Å²) in [6.07, 6.45) is 31.5. The van der Waals surface area contributed by atoms with Gasteiger partial charge in [-0.15, -0.1) is 0 Å². The Kier molecular flexibility index (Phi) is 36.1. The molecule has 0 bridgehead atoms. The molecule has 0 aromatic heterocycles. The molecule has 0 aliphatic heterocycles. The summed E-state index contributed by atoms with van der Waals surface area (Å²) in [6, 6.07) is 0. The van der Waals surface area contributed by atoms with Crippen LogP contribution in [0.2, 0.25) is 4.44 Å². The summed E-state index contributed by atoms with van der Waals surface area (Å²) in [4.78, 5) is 40.8. The maximum absolute atomic E-state index is 13.6. The second-order valence-corrected chi connectivity index (χ2v) is 23.7. The van der Waals surface area contributed by atoms with Crippen LogP contribution < -0.4 is 0 Å². The Labute approximate surface area is 337 Å². The molecule has 0 fully saturated rings. The van der Waals surface area contributed by atoms with Crippen LogP contribution >= 0.6 is 37.9 Å². The molecule has 302 valence electrons. The summed E-state index contributed by atoms with van der Waals surface area (Å²) in [5.41, 5.74) is 0. The first-order chi connectivity index (χ1) is 24.7. The van der Waals surface area contributed by atoms with E-state index in [2.05, 4.69) is 65.6 Å². The zero-order valence-electron chi connectivity index (χ0n) is 33.4. The van der Waals surface area contributed by atoms with Gasteiger partial charge >= 0.3 is 340 Å². The van der Waals surface area contributed by atoms with Crippen molar-refractivity contribution in [2.45, 2.75) is 241 Å². The predicted octanol–water partition coefficient (Wildman–Crippen LogP) is 13.2. The van der Waals surface area contributed by atoms with Crippen LogP contribution in [0.3, 0.4) is 0 Å². The molecule has 0 aliphatic rings. The normalized spacial score (nSPS) is 14.4. The van der Waals surface area contributed by atoms with Gasteiger partial charge in [0.05, 0.1) is 0 Å². The van der Waals surface area contributed by atoms with Crippen molar-refractivity contribution in [3.8, 4) is 0 Å². The molecular formula is C41H80O6S3Sn. The third-order valence-electron chi connectivity index (χ3n) is 9.66. The Balaban J connectivity index is 5.76. The predicted molar refractivity (Wildman–Crippen MR) is 228 cm³/mol. The van der Waals surface area contributed by atoms with Gasteiger partial charge in [-0.3, -0.25) is 0 Å². The van der Waals surface area contributed by atoms with Gasteiger partial charge in [0.2, 0.25) is 0 Å². The molecule has 0 aromatic rings. The molecule has 0 amide bonds. The van der Waals surface area contributed by atoms with Crippen LogP contribution in [0.4, 0.5) is 0 Å².